The van der Waals surface area contributed by atoms with Crippen LogP contribution >= 0.6 is 23.1 Å². The molecule has 1 aromatic heterocycles. The fourth-order valence-electron chi connectivity index (χ4n) is 1.38. The van der Waals surface area contributed by atoms with Crippen molar-refractivity contribution in [3.63, 3.8) is 0 Å². The molecule has 1 atom stereocenters. The molecule has 0 aliphatic rings. The molecule has 1 aromatic carbocycles. The number of hydrogen-bond acceptors (Lipinski definition) is 3. The number of hydrogen-bond donors (Lipinski definition) is 1. The Morgan fingerprint density at radius 1 is 1.20 bits per heavy atom. The van der Waals surface area contributed by atoms with Gasteiger partial charge in [0.2, 0.25) is 0 Å². The Balaban J connectivity index is 2.28. The van der Waals surface area contributed by atoms with E-state index < -0.39 is 0 Å². The van der Waals surface area contributed by atoms with Crippen molar-refractivity contribution >= 4 is 23.1 Å². The summed E-state index contributed by atoms with van der Waals surface area (Å²) in [6.07, 6.45) is 0. The molecule has 0 aliphatic carbocycles. The van der Waals surface area contributed by atoms with Crippen LogP contribution in [-0.4, -0.2) is 0 Å². The van der Waals surface area contributed by atoms with Gasteiger partial charge < -0.3 is 5.73 Å². The second-order valence-corrected chi connectivity index (χ2v) is 5.65. The molecule has 0 bridgehead atoms. The van der Waals surface area contributed by atoms with Gasteiger partial charge in [-0.2, -0.15) is 0 Å². The molecule has 0 radical (unpaired) electrons. The van der Waals surface area contributed by atoms with E-state index in [1.807, 2.05) is 13.0 Å². The summed E-state index contributed by atoms with van der Waals surface area (Å²) < 4.78 is 1.31. The monoisotopic (exact) mass is 235 g/mol. The Morgan fingerprint density at radius 3 is 2.67 bits per heavy atom. The maximum Gasteiger partial charge on any atom is 0.0646 e. The zero-order valence-corrected chi connectivity index (χ0v) is 10.1. The lowest BCUT2D eigenvalue weighted by Gasteiger charge is -2.10. The third-order valence-electron chi connectivity index (χ3n) is 2.12. The Morgan fingerprint density at radius 2 is 2.00 bits per heavy atom. The van der Waals surface area contributed by atoms with Gasteiger partial charge in [0.25, 0.3) is 0 Å². The average molecular weight is 235 g/mol. The summed E-state index contributed by atoms with van der Waals surface area (Å²) >= 11 is 3.55. The van der Waals surface area contributed by atoms with E-state index in [1.54, 1.807) is 23.1 Å². The molecule has 0 saturated carbocycles. The van der Waals surface area contributed by atoms with Crippen LogP contribution in [0.3, 0.4) is 0 Å². The van der Waals surface area contributed by atoms with Crippen LogP contribution in [0.25, 0.3) is 0 Å². The van der Waals surface area contributed by atoms with E-state index in [0.29, 0.717) is 0 Å². The maximum absolute atomic E-state index is 5.93. The molecule has 0 aliphatic heterocycles. The number of rotatable bonds is 3. The van der Waals surface area contributed by atoms with Gasteiger partial charge in [0, 0.05) is 10.9 Å². The van der Waals surface area contributed by atoms with Crippen molar-refractivity contribution in [1.29, 1.82) is 0 Å². The highest BCUT2D eigenvalue weighted by Gasteiger charge is 2.07. The van der Waals surface area contributed by atoms with Gasteiger partial charge in [-0.05, 0) is 30.0 Å². The third-order valence-corrected chi connectivity index (χ3v) is 4.24. The van der Waals surface area contributed by atoms with Gasteiger partial charge >= 0.3 is 0 Å². The van der Waals surface area contributed by atoms with Crippen LogP contribution in [0.2, 0.25) is 0 Å². The van der Waals surface area contributed by atoms with E-state index in [0.717, 1.165) is 0 Å². The first-order valence-electron chi connectivity index (χ1n) is 4.83. The van der Waals surface area contributed by atoms with Crippen LogP contribution < -0.4 is 5.73 Å². The van der Waals surface area contributed by atoms with Crippen LogP contribution in [0.5, 0.6) is 0 Å². The van der Waals surface area contributed by atoms with Gasteiger partial charge in [0.05, 0.1) is 4.21 Å². The highest BCUT2D eigenvalue weighted by Crippen LogP contribution is 2.34. The minimum atomic E-state index is 0.0914. The molecule has 15 heavy (non-hydrogen) atoms. The van der Waals surface area contributed by atoms with Crippen LogP contribution in [0.1, 0.15) is 18.5 Å². The molecule has 78 valence electrons. The highest BCUT2D eigenvalue weighted by molar-refractivity contribution is 8.01. The molecule has 0 fully saturated rings. The van der Waals surface area contributed by atoms with E-state index in [-0.39, 0.29) is 6.04 Å². The Kier molecular flexibility index (Phi) is 3.46. The first-order valence-corrected chi connectivity index (χ1v) is 6.53. The van der Waals surface area contributed by atoms with E-state index in [9.17, 15) is 0 Å². The lowest BCUT2D eigenvalue weighted by Crippen LogP contribution is -2.05. The predicted octanol–water partition coefficient (Wildman–Crippen LogP) is 3.92. The summed E-state index contributed by atoms with van der Waals surface area (Å²) in [6.45, 7) is 2.02. The molecule has 1 nitrogen and oxygen atoms in total. The zero-order chi connectivity index (χ0) is 10.7. The summed E-state index contributed by atoms with van der Waals surface area (Å²) in [7, 11) is 0. The number of thiophene rings is 1. The molecule has 0 saturated heterocycles. The van der Waals surface area contributed by atoms with Crippen molar-refractivity contribution in [2.24, 2.45) is 5.73 Å². The van der Waals surface area contributed by atoms with Crippen LogP contribution in [0.15, 0.2) is 50.9 Å². The van der Waals surface area contributed by atoms with Gasteiger partial charge in [-0.25, -0.2) is 0 Å². The first-order chi connectivity index (χ1) is 7.27. The fraction of sp³-hybridized carbons (Fsp3) is 0.167. The topological polar surface area (TPSA) is 26.0 Å². The van der Waals surface area contributed by atoms with Crippen molar-refractivity contribution in [2.45, 2.75) is 22.1 Å². The van der Waals surface area contributed by atoms with Crippen molar-refractivity contribution in [3.05, 3.63) is 47.3 Å². The molecule has 2 rings (SSSR count). The average Bonchev–Trinajstić information content (AvgIpc) is 2.71. The summed E-state index contributed by atoms with van der Waals surface area (Å²) in [5, 5.41) is 2.09. The van der Waals surface area contributed by atoms with E-state index in [1.165, 1.54) is 14.7 Å². The van der Waals surface area contributed by atoms with Crippen LogP contribution in [0.4, 0.5) is 0 Å². The van der Waals surface area contributed by atoms with E-state index in [4.69, 9.17) is 5.73 Å². The number of benzene rings is 1. The molecule has 2 aromatic rings. The summed E-state index contributed by atoms with van der Waals surface area (Å²) in [5.41, 5.74) is 7.15. The molecule has 1 unspecified atom stereocenters. The summed E-state index contributed by atoms with van der Waals surface area (Å²) in [5.74, 6) is 0. The predicted molar refractivity (Wildman–Crippen MR) is 67.5 cm³/mol. The normalized spacial score (nSPS) is 12.7. The molecular weight excluding hydrogens is 222 g/mol. The van der Waals surface area contributed by atoms with E-state index in [2.05, 4.69) is 35.7 Å². The Bertz CT molecular complexity index is 421. The fourth-order valence-corrected chi connectivity index (χ4v) is 3.34. The largest absolute Gasteiger partial charge is 0.324 e. The van der Waals surface area contributed by atoms with Crippen LogP contribution in [-0.2, 0) is 0 Å². The van der Waals surface area contributed by atoms with Crippen molar-refractivity contribution < 1.29 is 0 Å². The quantitative estimate of drug-likeness (QED) is 0.872. The Hall–Kier alpha value is -0.770. The minimum Gasteiger partial charge on any atom is -0.324 e. The zero-order valence-electron chi connectivity index (χ0n) is 8.51. The highest BCUT2D eigenvalue weighted by atomic mass is 32.2. The summed E-state index contributed by atoms with van der Waals surface area (Å²) in [6, 6.07) is 12.6. The van der Waals surface area contributed by atoms with Crippen molar-refractivity contribution in [1.82, 2.24) is 0 Å². The lowest BCUT2D eigenvalue weighted by molar-refractivity contribution is 0.797. The molecule has 3 heteroatoms. The summed E-state index contributed by atoms with van der Waals surface area (Å²) in [4.78, 5) is 1.26. The van der Waals surface area contributed by atoms with Gasteiger partial charge in [-0.15, -0.1) is 11.3 Å². The third kappa shape index (κ3) is 2.62. The molecule has 0 spiro atoms. The second kappa shape index (κ2) is 4.84. The smallest absolute Gasteiger partial charge is 0.0646 e. The van der Waals surface area contributed by atoms with Crippen molar-refractivity contribution in [2.75, 3.05) is 0 Å². The van der Waals surface area contributed by atoms with Gasteiger partial charge in [0.1, 0.15) is 0 Å². The Labute approximate surface area is 98.3 Å². The van der Waals surface area contributed by atoms with Gasteiger partial charge in [-0.1, -0.05) is 36.0 Å². The van der Waals surface area contributed by atoms with E-state index >= 15 is 0 Å². The SMILES string of the molecule is CC(N)c1ccccc1Sc1cccs1. The minimum absolute atomic E-state index is 0.0914. The van der Waals surface area contributed by atoms with Crippen LogP contribution in [0, 0.1) is 0 Å². The standard InChI is InChI=1S/C12H13NS2/c1-9(13)10-5-2-3-6-11(10)15-12-7-4-8-14-12/h2-9H,13H2,1H3. The molecular formula is C12H13NS2. The van der Waals surface area contributed by atoms with Gasteiger partial charge in [0.15, 0.2) is 0 Å². The van der Waals surface area contributed by atoms with Crippen molar-refractivity contribution in [3.8, 4) is 0 Å². The molecule has 1 heterocycles. The lowest BCUT2D eigenvalue weighted by atomic mass is 10.1. The molecule has 2 N–H and O–H groups in total. The van der Waals surface area contributed by atoms with Gasteiger partial charge in [-0.3, -0.25) is 0 Å². The maximum atomic E-state index is 5.93. The molecule has 0 amide bonds. The second-order valence-electron chi connectivity index (χ2n) is 3.36. The number of nitrogens with two attached hydrogens (primary N) is 1. The first kappa shape index (κ1) is 10.7.